The Bertz CT molecular complexity index is 737. The van der Waals surface area contributed by atoms with E-state index >= 15 is 0 Å². The number of halogens is 1. The summed E-state index contributed by atoms with van der Waals surface area (Å²) in [5, 5.41) is 14.6. The highest BCUT2D eigenvalue weighted by atomic mass is 19.1. The van der Waals surface area contributed by atoms with Crippen molar-refractivity contribution in [3.63, 3.8) is 0 Å². The maximum Gasteiger partial charge on any atom is 0.353 e. The van der Waals surface area contributed by atoms with Gasteiger partial charge in [0.15, 0.2) is 0 Å². The molecule has 0 amide bonds. The number of ether oxygens (including phenoxy) is 2. The molecule has 0 radical (unpaired) electrons. The summed E-state index contributed by atoms with van der Waals surface area (Å²) in [5.74, 6) is -0.0687. The van der Waals surface area contributed by atoms with Gasteiger partial charge in [0.05, 0.1) is 18.1 Å². The van der Waals surface area contributed by atoms with Crippen LogP contribution in [0.3, 0.4) is 0 Å². The average molecular weight is 379 g/mol. The number of methoxy groups -OCH3 is 2. The first kappa shape index (κ1) is 20.5. The lowest BCUT2D eigenvalue weighted by molar-refractivity contribution is -0.383. The van der Waals surface area contributed by atoms with E-state index in [1.54, 1.807) is 31.3 Å². The molecular formula is C17H22FN5O4. The van der Waals surface area contributed by atoms with E-state index in [2.05, 4.69) is 15.3 Å². The van der Waals surface area contributed by atoms with Crippen LogP contribution in [-0.4, -0.2) is 55.4 Å². The molecule has 1 heterocycles. The first-order valence-corrected chi connectivity index (χ1v) is 8.27. The van der Waals surface area contributed by atoms with Gasteiger partial charge in [0.25, 0.3) is 0 Å². The number of rotatable bonds is 11. The normalized spacial score (nSPS) is 10.6. The van der Waals surface area contributed by atoms with E-state index in [0.29, 0.717) is 26.3 Å². The summed E-state index contributed by atoms with van der Waals surface area (Å²) >= 11 is 0. The van der Waals surface area contributed by atoms with Crippen LogP contribution in [0.2, 0.25) is 0 Å². The number of anilines is 2. The number of nitrogens with zero attached hydrogens (tertiary/aromatic N) is 4. The summed E-state index contributed by atoms with van der Waals surface area (Å²) in [6.45, 7) is 1.84. The van der Waals surface area contributed by atoms with Crippen LogP contribution in [0.4, 0.5) is 21.7 Å². The topological polar surface area (TPSA) is 103 Å². The Balaban J connectivity index is 2.27. The van der Waals surface area contributed by atoms with Crippen molar-refractivity contribution in [3.8, 4) is 0 Å². The summed E-state index contributed by atoms with van der Waals surface area (Å²) < 4.78 is 23.2. The Morgan fingerprint density at radius 2 is 1.78 bits per heavy atom. The maximum atomic E-state index is 13.0. The van der Waals surface area contributed by atoms with Crippen LogP contribution < -0.4 is 10.2 Å². The van der Waals surface area contributed by atoms with Crippen LogP contribution in [0.1, 0.15) is 5.56 Å². The second-order valence-electron chi connectivity index (χ2n) is 5.60. The predicted molar refractivity (Wildman–Crippen MR) is 98.4 cm³/mol. The van der Waals surface area contributed by atoms with Crippen LogP contribution in [0, 0.1) is 15.9 Å². The van der Waals surface area contributed by atoms with Gasteiger partial charge in [-0.3, -0.25) is 10.1 Å². The van der Waals surface area contributed by atoms with Gasteiger partial charge in [-0.25, -0.2) is 14.4 Å². The van der Waals surface area contributed by atoms with Gasteiger partial charge in [0, 0.05) is 33.9 Å². The Morgan fingerprint density at radius 3 is 2.33 bits per heavy atom. The lowest BCUT2D eigenvalue weighted by Crippen LogP contribution is -2.32. The molecule has 0 atom stereocenters. The SMILES string of the molecule is COCCN(CCOC)c1ncnc(NCc2ccc(F)cc2)c1[N+](=O)[O-]. The van der Waals surface area contributed by atoms with Gasteiger partial charge in [0.1, 0.15) is 12.1 Å². The molecule has 0 saturated carbocycles. The Morgan fingerprint density at radius 1 is 1.15 bits per heavy atom. The Kier molecular flexibility index (Phi) is 7.83. The molecule has 2 aromatic rings. The number of nitrogens with one attached hydrogen (secondary N) is 1. The van der Waals surface area contributed by atoms with Crippen LogP contribution in [0.25, 0.3) is 0 Å². The smallest absolute Gasteiger partial charge is 0.353 e. The molecule has 0 aliphatic carbocycles. The summed E-state index contributed by atoms with van der Waals surface area (Å²) in [4.78, 5) is 21.0. The highest BCUT2D eigenvalue weighted by Gasteiger charge is 2.26. The van der Waals surface area contributed by atoms with E-state index < -0.39 is 4.92 Å². The number of hydrogen-bond acceptors (Lipinski definition) is 8. The van der Waals surface area contributed by atoms with Crippen molar-refractivity contribution in [2.45, 2.75) is 6.54 Å². The number of aromatic nitrogens is 2. The molecule has 0 spiro atoms. The second kappa shape index (κ2) is 10.3. The average Bonchev–Trinajstić information content (AvgIpc) is 2.67. The predicted octanol–water partition coefficient (Wildman–Crippen LogP) is 2.24. The fourth-order valence-corrected chi connectivity index (χ4v) is 2.41. The van der Waals surface area contributed by atoms with E-state index in [4.69, 9.17) is 9.47 Å². The van der Waals surface area contributed by atoms with Crippen molar-refractivity contribution >= 4 is 17.3 Å². The molecule has 1 N–H and O–H groups in total. The zero-order valence-electron chi connectivity index (χ0n) is 15.2. The summed E-state index contributed by atoms with van der Waals surface area (Å²) in [5.41, 5.74) is 0.535. The first-order chi connectivity index (χ1) is 13.1. The van der Waals surface area contributed by atoms with Crippen LogP contribution >= 0.6 is 0 Å². The van der Waals surface area contributed by atoms with E-state index in [-0.39, 0.29) is 29.7 Å². The molecule has 0 aliphatic rings. The molecule has 1 aromatic carbocycles. The summed E-state index contributed by atoms with van der Waals surface area (Å²) in [6, 6.07) is 5.85. The zero-order valence-corrected chi connectivity index (χ0v) is 15.2. The largest absolute Gasteiger partial charge is 0.383 e. The second-order valence-corrected chi connectivity index (χ2v) is 5.60. The molecule has 0 aliphatic heterocycles. The van der Waals surface area contributed by atoms with Crippen LogP contribution in [-0.2, 0) is 16.0 Å². The monoisotopic (exact) mass is 379 g/mol. The molecule has 9 nitrogen and oxygen atoms in total. The highest BCUT2D eigenvalue weighted by molar-refractivity contribution is 5.70. The van der Waals surface area contributed by atoms with Gasteiger partial charge in [-0.2, -0.15) is 0 Å². The van der Waals surface area contributed by atoms with Crippen molar-refractivity contribution in [1.29, 1.82) is 0 Å². The number of nitro groups is 1. The quantitative estimate of drug-likeness (QED) is 0.468. The van der Waals surface area contributed by atoms with E-state index in [1.807, 2.05) is 0 Å². The van der Waals surface area contributed by atoms with Crippen LogP contribution in [0.15, 0.2) is 30.6 Å². The van der Waals surface area contributed by atoms with Crippen molar-refractivity contribution in [2.24, 2.45) is 0 Å². The molecular weight excluding hydrogens is 357 g/mol. The number of benzene rings is 1. The third-order valence-corrected chi connectivity index (χ3v) is 3.79. The third-order valence-electron chi connectivity index (χ3n) is 3.79. The van der Waals surface area contributed by atoms with Gasteiger partial charge in [-0.15, -0.1) is 0 Å². The van der Waals surface area contributed by atoms with Crippen molar-refractivity contribution in [1.82, 2.24) is 9.97 Å². The molecule has 0 bridgehead atoms. The minimum Gasteiger partial charge on any atom is -0.383 e. The molecule has 146 valence electrons. The standard InChI is InChI=1S/C17H22FN5O4/c1-26-9-7-22(8-10-27-2)17-15(23(24)25)16(20-12-21-17)19-11-13-3-5-14(18)6-4-13/h3-6,12H,7-11H2,1-2H3,(H,19,20,21). The fraction of sp³-hybridized carbons (Fsp3) is 0.412. The van der Waals surface area contributed by atoms with Gasteiger partial charge < -0.3 is 19.7 Å². The van der Waals surface area contributed by atoms with Crippen molar-refractivity contribution < 1.29 is 18.8 Å². The van der Waals surface area contributed by atoms with Crippen molar-refractivity contribution in [2.75, 3.05) is 50.7 Å². The van der Waals surface area contributed by atoms with Gasteiger partial charge in [0.2, 0.25) is 11.6 Å². The summed E-state index contributed by atoms with van der Waals surface area (Å²) in [6.07, 6.45) is 1.27. The molecule has 0 saturated heterocycles. The van der Waals surface area contributed by atoms with Crippen molar-refractivity contribution in [3.05, 3.63) is 52.1 Å². The molecule has 0 fully saturated rings. The van der Waals surface area contributed by atoms with E-state index in [9.17, 15) is 14.5 Å². The maximum absolute atomic E-state index is 13.0. The van der Waals surface area contributed by atoms with Gasteiger partial charge in [-0.1, -0.05) is 12.1 Å². The first-order valence-electron chi connectivity index (χ1n) is 8.27. The van der Waals surface area contributed by atoms with Crippen LogP contribution in [0.5, 0.6) is 0 Å². The zero-order chi connectivity index (χ0) is 19.6. The summed E-state index contributed by atoms with van der Waals surface area (Å²) in [7, 11) is 3.11. The van der Waals surface area contributed by atoms with Gasteiger partial charge >= 0.3 is 5.69 Å². The third kappa shape index (κ3) is 5.83. The lowest BCUT2D eigenvalue weighted by atomic mass is 10.2. The Hall–Kier alpha value is -2.85. The molecule has 10 heteroatoms. The minimum atomic E-state index is -0.519. The fourth-order valence-electron chi connectivity index (χ4n) is 2.41. The Labute approximate surface area is 156 Å². The van der Waals surface area contributed by atoms with E-state index in [0.717, 1.165) is 5.56 Å². The molecule has 1 aromatic heterocycles. The molecule has 2 rings (SSSR count). The molecule has 27 heavy (non-hydrogen) atoms. The highest BCUT2D eigenvalue weighted by Crippen LogP contribution is 2.31. The minimum absolute atomic E-state index is 0.0918. The lowest BCUT2D eigenvalue weighted by Gasteiger charge is -2.23. The van der Waals surface area contributed by atoms with Gasteiger partial charge in [-0.05, 0) is 17.7 Å². The number of hydrogen-bond donors (Lipinski definition) is 1. The van der Waals surface area contributed by atoms with E-state index in [1.165, 1.54) is 18.5 Å². The molecule has 0 unspecified atom stereocenters.